The summed E-state index contributed by atoms with van der Waals surface area (Å²) in [4.78, 5) is 18.7. The fraction of sp³-hybridized carbons (Fsp3) is 0.548. The fourth-order valence-electron chi connectivity index (χ4n) is 9.83. The Kier molecular flexibility index (Phi) is 10.1. The van der Waals surface area contributed by atoms with Crippen LogP contribution in [-0.4, -0.2) is 71.9 Å². The first-order valence-electron chi connectivity index (χ1n) is 19.3. The quantitative estimate of drug-likeness (QED) is 0.133. The van der Waals surface area contributed by atoms with E-state index in [-0.39, 0.29) is 35.4 Å². The lowest BCUT2D eigenvalue weighted by Crippen LogP contribution is -2.43. The standard InChI is InChI=1S/C42H52F3N5OSi/c1-26(2)52(27(3)4,28(5)6)21-17-32-35(44)16-15-30-13-10-14-33(36(30)32)38-37(45)39-34(23-46-38)40(50-20-9-8-12-29(50)7)48-41(47-39)51-25-42-18-11-19-49(42)24-31(43)22-42/h10,13-16,23,26-29,31H,8-9,11-12,18-20,22,24-25H2,1-7H3/t29-,31+,42-/m0/s1. The molecule has 52 heavy (non-hydrogen) atoms. The lowest BCUT2D eigenvalue weighted by molar-refractivity contribution is 0.107. The lowest BCUT2D eigenvalue weighted by Gasteiger charge is -2.38. The average Bonchev–Trinajstić information content (AvgIpc) is 3.63. The number of fused-ring (bicyclic) bond motifs is 3. The second-order valence-corrected chi connectivity index (χ2v) is 22.0. The molecule has 10 heteroatoms. The van der Waals surface area contributed by atoms with Gasteiger partial charge in [0.05, 0.1) is 16.5 Å². The van der Waals surface area contributed by atoms with Gasteiger partial charge in [-0.25, -0.2) is 13.2 Å². The first-order chi connectivity index (χ1) is 24.9. The van der Waals surface area contributed by atoms with E-state index in [2.05, 4.69) is 69.7 Å². The molecule has 0 radical (unpaired) electrons. The van der Waals surface area contributed by atoms with Gasteiger partial charge in [0.15, 0.2) is 5.82 Å². The maximum Gasteiger partial charge on any atom is 0.319 e. The molecule has 4 aromatic rings. The van der Waals surface area contributed by atoms with E-state index in [0.29, 0.717) is 51.7 Å². The maximum absolute atomic E-state index is 17.2. The number of aromatic nitrogens is 3. The van der Waals surface area contributed by atoms with Crippen LogP contribution in [0.25, 0.3) is 32.9 Å². The van der Waals surface area contributed by atoms with Gasteiger partial charge in [0.2, 0.25) is 0 Å². The Bertz CT molecular complexity index is 2020. The van der Waals surface area contributed by atoms with Crippen molar-refractivity contribution < 1.29 is 17.9 Å². The summed E-state index contributed by atoms with van der Waals surface area (Å²) < 4.78 is 54.1. The van der Waals surface area contributed by atoms with Crippen molar-refractivity contribution in [1.29, 1.82) is 0 Å². The van der Waals surface area contributed by atoms with E-state index < -0.39 is 31.4 Å². The highest BCUT2D eigenvalue weighted by Gasteiger charge is 2.49. The largest absolute Gasteiger partial charge is 0.461 e. The lowest BCUT2D eigenvalue weighted by atomic mass is 9.95. The summed E-state index contributed by atoms with van der Waals surface area (Å²) in [5.74, 6) is 2.88. The van der Waals surface area contributed by atoms with Gasteiger partial charge in [0.25, 0.3) is 0 Å². The van der Waals surface area contributed by atoms with Gasteiger partial charge in [-0.15, -0.1) is 5.54 Å². The third-order valence-corrected chi connectivity index (χ3v) is 18.8. The molecule has 0 aliphatic carbocycles. The molecule has 3 atom stereocenters. The Hall–Kier alpha value is -3.68. The third kappa shape index (κ3) is 6.25. The van der Waals surface area contributed by atoms with Crippen LogP contribution in [0.3, 0.4) is 0 Å². The van der Waals surface area contributed by atoms with Gasteiger partial charge in [-0.3, -0.25) is 9.88 Å². The minimum absolute atomic E-state index is 0.0748. The molecule has 0 amide bonds. The maximum atomic E-state index is 17.2. The summed E-state index contributed by atoms with van der Waals surface area (Å²) in [6.07, 6.45) is 6.10. The van der Waals surface area contributed by atoms with Gasteiger partial charge in [-0.2, -0.15) is 9.97 Å². The van der Waals surface area contributed by atoms with Gasteiger partial charge in [0, 0.05) is 42.7 Å². The van der Waals surface area contributed by atoms with Crippen LogP contribution >= 0.6 is 0 Å². The molecule has 6 nitrogen and oxygen atoms in total. The minimum atomic E-state index is -2.21. The van der Waals surface area contributed by atoms with Gasteiger partial charge < -0.3 is 9.64 Å². The Morgan fingerprint density at radius 3 is 2.48 bits per heavy atom. The number of rotatable bonds is 8. The molecule has 0 unspecified atom stereocenters. The molecular weight excluding hydrogens is 676 g/mol. The molecule has 0 saturated carbocycles. The molecule has 0 spiro atoms. The predicted molar refractivity (Wildman–Crippen MR) is 207 cm³/mol. The Labute approximate surface area is 307 Å². The Morgan fingerprint density at radius 2 is 1.75 bits per heavy atom. The van der Waals surface area contributed by atoms with Crippen molar-refractivity contribution in [2.45, 2.75) is 121 Å². The van der Waals surface area contributed by atoms with Crippen molar-refractivity contribution >= 4 is 35.6 Å². The molecular formula is C42H52F3N5OSi. The van der Waals surface area contributed by atoms with Crippen LogP contribution < -0.4 is 9.64 Å². The SMILES string of the molecule is CC(C)[Si](C#Cc1c(F)ccc2cccc(-c3ncc4c(N5CCCC[C@@H]5C)nc(OC[C@@]56CCCN5C[C@H](F)C6)nc4c3F)c12)(C(C)C)C(C)C. The highest BCUT2D eigenvalue weighted by Crippen LogP contribution is 2.43. The molecule has 7 rings (SSSR count). The van der Waals surface area contributed by atoms with Crippen LogP contribution in [0, 0.1) is 23.1 Å². The van der Waals surface area contributed by atoms with Crippen LogP contribution in [0.5, 0.6) is 6.01 Å². The van der Waals surface area contributed by atoms with Gasteiger partial charge in [0.1, 0.15) is 43.7 Å². The number of hydrogen-bond donors (Lipinski definition) is 0. The number of ether oxygens (including phenoxy) is 1. The number of pyridine rings is 1. The summed E-state index contributed by atoms with van der Waals surface area (Å²) in [6.45, 7) is 17.8. The minimum Gasteiger partial charge on any atom is -0.461 e. The van der Waals surface area contributed by atoms with E-state index >= 15 is 8.78 Å². The van der Waals surface area contributed by atoms with Gasteiger partial charge >= 0.3 is 6.01 Å². The predicted octanol–water partition coefficient (Wildman–Crippen LogP) is 10.0. The first kappa shape index (κ1) is 36.7. The van der Waals surface area contributed by atoms with E-state index in [1.807, 2.05) is 12.1 Å². The first-order valence-corrected chi connectivity index (χ1v) is 21.5. The zero-order valence-corrected chi connectivity index (χ0v) is 32.7. The molecule has 5 heterocycles. The normalized spacial score (nSPS) is 22.5. The van der Waals surface area contributed by atoms with Crippen LogP contribution in [0.1, 0.15) is 92.6 Å². The molecule has 0 N–H and O–H groups in total. The topological polar surface area (TPSA) is 54.4 Å². The number of nitrogens with zero attached hydrogens (tertiary/aromatic N) is 5. The van der Waals surface area contributed by atoms with Crippen molar-refractivity contribution in [3.8, 4) is 28.7 Å². The molecule has 2 aromatic heterocycles. The zero-order chi connectivity index (χ0) is 36.9. The molecule has 3 fully saturated rings. The Balaban J connectivity index is 1.39. The summed E-state index contributed by atoms with van der Waals surface area (Å²) >= 11 is 0. The number of hydrogen-bond acceptors (Lipinski definition) is 6. The molecule has 276 valence electrons. The molecule has 2 aromatic carbocycles. The number of alkyl halides is 1. The van der Waals surface area contributed by atoms with E-state index in [1.165, 1.54) is 6.07 Å². The Morgan fingerprint density at radius 1 is 0.981 bits per heavy atom. The van der Waals surface area contributed by atoms with E-state index in [9.17, 15) is 4.39 Å². The fourth-order valence-corrected chi connectivity index (χ4v) is 15.0. The van der Waals surface area contributed by atoms with Gasteiger partial charge in [-0.1, -0.05) is 71.7 Å². The second-order valence-electron chi connectivity index (χ2n) is 16.4. The second kappa shape index (κ2) is 14.3. The summed E-state index contributed by atoms with van der Waals surface area (Å²) in [5, 5.41) is 1.80. The number of halogens is 3. The summed E-state index contributed by atoms with van der Waals surface area (Å²) in [6, 6.07) is 8.97. The van der Waals surface area contributed by atoms with E-state index in [1.54, 1.807) is 18.3 Å². The van der Waals surface area contributed by atoms with Crippen LogP contribution in [-0.2, 0) is 0 Å². The summed E-state index contributed by atoms with van der Waals surface area (Å²) in [7, 11) is -2.21. The highest BCUT2D eigenvalue weighted by molar-refractivity contribution is 6.90. The van der Waals surface area contributed by atoms with Crippen LogP contribution in [0.2, 0.25) is 16.6 Å². The monoisotopic (exact) mass is 727 g/mol. The van der Waals surface area contributed by atoms with Crippen LogP contribution in [0.15, 0.2) is 36.5 Å². The average molecular weight is 728 g/mol. The molecule has 0 bridgehead atoms. The summed E-state index contributed by atoms with van der Waals surface area (Å²) in [5.41, 5.74) is 5.29. The van der Waals surface area contributed by atoms with Crippen molar-refractivity contribution in [2.75, 3.05) is 31.1 Å². The number of anilines is 1. The van der Waals surface area contributed by atoms with Gasteiger partial charge in [-0.05, 0) is 73.6 Å². The number of benzene rings is 2. The zero-order valence-electron chi connectivity index (χ0n) is 31.7. The number of piperidine rings is 1. The van der Waals surface area contributed by atoms with Crippen molar-refractivity contribution in [1.82, 2.24) is 19.9 Å². The molecule has 3 aliphatic rings. The van der Waals surface area contributed by atoms with E-state index in [0.717, 1.165) is 50.6 Å². The van der Waals surface area contributed by atoms with Crippen molar-refractivity contribution in [3.05, 3.63) is 53.7 Å². The third-order valence-electron chi connectivity index (χ3n) is 12.5. The molecule has 3 saturated heterocycles. The highest BCUT2D eigenvalue weighted by atomic mass is 28.3. The van der Waals surface area contributed by atoms with E-state index in [4.69, 9.17) is 19.7 Å². The van der Waals surface area contributed by atoms with Crippen molar-refractivity contribution in [3.63, 3.8) is 0 Å². The van der Waals surface area contributed by atoms with Crippen LogP contribution in [0.4, 0.5) is 19.0 Å². The smallest absolute Gasteiger partial charge is 0.319 e. The van der Waals surface area contributed by atoms with Crippen molar-refractivity contribution in [2.24, 2.45) is 0 Å². The molecule has 3 aliphatic heterocycles.